The number of Topliss-reactive ketones (excluding diaryl/α,β-unsaturated/α-hetero) is 1. The van der Waals surface area contributed by atoms with Crippen LogP contribution in [0.25, 0.3) is 0 Å². The van der Waals surface area contributed by atoms with Gasteiger partial charge in [0.2, 0.25) is 11.1 Å². The molecule has 1 aliphatic rings. The van der Waals surface area contributed by atoms with Crippen LogP contribution in [0.5, 0.6) is 0 Å². The van der Waals surface area contributed by atoms with Crippen LogP contribution in [-0.4, -0.2) is 20.5 Å². The number of carbonyl (C=O) groups excluding carboxylic acids is 1. The molecule has 0 radical (unpaired) electrons. The SMILES string of the molecule is CC(=O)C1=C(C)Nc2nc(SCc3ccccc3Cl)nn2C1c1c(F)cccc1Cl. The number of rotatable bonds is 5. The van der Waals surface area contributed by atoms with E-state index >= 15 is 0 Å². The first-order valence-electron chi connectivity index (χ1n) is 9.12. The molecule has 1 atom stereocenters. The molecule has 0 saturated carbocycles. The predicted molar refractivity (Wildman–Crippen MR) is 118 cm³/mol. The van der Waals surface area contributed by atoms with Gasteiger partial charge in [-0.2, -0.15) is 4.98 Å². The second-order valence-electron chi connectivity index (χ2n) is 6.80. The van der Waals surface area contributed by atoms with Gasteiger partial charge in [0, 0.05) is 32.6 Å². The van der Waals surface area contributed by atoms with Crippen molar-refractivity contribution < 1.29 is 9.18 Å². The summed E-state index contributed by atoms with van der Waals surface area (Å²) in [4.78, 5) is 17.0. The smallest absolute Gasteiger partial charge is 0.227 e. The van der Waals surface area contributed by atoms with E-state index in [9.17, 15) is 9.18 Å². The summed E-state index contributed by atoms with van der Waals surface area (Å²) in [6, 6.07) is 11.2. The van der Waals surface area contributed by atoms with Crippen LogP contribution in [0.15, 0.2) is 58.9 Å². The molecule has 3 aromatic rings. The summed E-state index contributed by atoms with van der Waals surface area (Å²) >= 11 is 14.0. The maximum Gasteiger partial charge on any atom is 0.227 e. The van der Waals surface area contributed by atoms with Gasteiger partial charge >= 0.3 is 0 Å². The van der Waals surface area contributed by atoms with Crippen molar-refractivity contribution >= 4 is 46.7 Å². The summed E-state index contributed by atoms with van der Waals surface area (Å²) in [7, 11) is 0. The number of benzene rings is 2. The highest BCUT2D eigenvalue weighted by Gasteiger charge is 2.35. The summed E-state index contributed by atoms with van der Waals surface area (Å²) < 4.78 is 16.3. The predicted octanol–water partition coefficient (Wildman–Crippen LogP) is 5.89. The van der Waals surface area contributed by atoms with E-state index in [0.717, 1.165) is 5.56 Å². The van der Waals surface area contributed by atoms with Crippen LogP contribution >= 0.6 is 35.0 Å². The molecule has 2 aromatic carbocycles. The molecule has 1 aromatic heterocycles. The average Bonchev–Trinajstić information content (AvgIpc) is 3.09. The Balaban J connectivity index is 1.75. The molecule has 0 spiro atoms. The van der Waals surface area contributed by atoms with Crippen molar-refractivity contribution in [1.82, 2.24) is 14.8 Å². The zero-order chi connectivity index (χ0) is 21.4. The number of thioether (sulfide) groups is 1. The molecule has 0 bridgehead atoms. The van der Waals surface area contributed by atoms with Crippen molar-refractivity contribution in [3.05, 3.63) is 80.7 Å². The number of hydrogen-bond acceptors (Lipinski definition) is 5. The Morgan fingerprint density at radius 1 is 1.20 bits per heavy atom. The first-order chi connectivity index (χ1) is 14.4. The standard InChI is InChI=1S/C21H17Cl2FN4OS/c1-11-17(12(2)29)19(18-15(23)8-5-9-16(18)24)28-20(25-11)26-21(27-28)30-10-13-6-3-4-7-14(13)22/h3-9,19H,10H2,1-2H3,(H,25,26,27). The number of ketones is 1. The van der Waals surface area contributed by atoms with Crippen molar-refractivity contribution in [1.29, 1.82) is 0 Å². The molecule has 0 aliphatic carbocycles. The van der Waals surface area contributed by atoms with Crippen molar-refractivity contribution in [2.75, 3.05) is 5.32 Å². The van der Waals surface area contributed by atoms with Crippen LogP contribution in [0.4, 0.5) is 10.3 Å². The fourth-order valence-corrected chi connectivity index (χ4v) is 4.83. The highest BCUT2D eigenvalue weighted by atomic mass is 35.5. The molecule has 4 rings (SSSR count). The van der Waals surface area contributed by atoms with E-state index in [4.69, 9.17) is 23.2 Å². The monoisotopic (exact) mass is 462 g/mol. The van der Waals surface area contributed by atoms with Gasteiger partial charge in [-0.15, -0.1) is 5.10 Å². The third-order valence-electron chi connectivity index (χ3n) is 4.80. The maximum atomic E-state index is 14.8. The fraction of sp³-hybridized carbons (Fsp3) is 0.190. The molecule has 9 heteroatoms. The number of hydrogen-bond donors (Lipinski definition) is 1. The number of anilines is 1. The van der Waals surface area contributed by atoms with Crippen LogP contribution in [0.3, 0.4) is 0 Å². The lowest BCUT2D eigenvalue weighted by Crippen LogP contribution is -2.28. The number of aromatic nitrogens is 3. The molecule has 30 heavy (non-hydrogen) atoms. The van der Waals surface area contributed by atoms with E-state index in [2.05, 4.69) is 15.4 Å². The maximum absolute atomic E-state index is 14.8. The first kappa shape index (κ1) is 20.9. The second kappa shape index (κ2) is 8.41. The molecule has 154 valence electrons. The van der Waals surface area contributed by atoms with E-state index in [-0.39, 0.29) is 16.4 Å². The molecule has 2 heterocycles. The van der Waals surface area contributed by atoms with Gasteiger partial charge in [-0.25, -0.2) is 9.07 Å². The number of halogens is 3. The largest absolute Gasteiger partial charge is 0.328 e. The molecule has 1 unspecified atom stereocenters. The van der Waals surface area contributed by atoms with Crippen LogP contribution in [0.2, 0.25) is 10.0 Å². The molecule has 0 saturated heterocycles. The fourth-order valence-electron chi connectivity index (χ4n) is 3.45. The minimum absolute atomic E-state index is 0.194. The van der Waals surface area contributed by atoms with E-state index in [1.807, 2.05) is 24.3 Å². The highest BCUT2D eigenvalue weighted by molar-refractivity contribution is 7.98. The zero-order valence-electron chi connectivity index (χ0n) is 16.1. The number of fused-ring (bicyclic) bond motifs is 1. The molecular formula is C21H17Cl2FN4OS. The average molecular weight is 463 g/mol. The Hall–Kier alpha value is -2.35. The van der Waals surface area contributed by atoms with Gasteiger partial charge in [-0.3, -0.25) is 4.79 Å². The Bertz CT molecular complexity index is 1160. The highest BCUT2D eigenvalue weighted by Crippen LogP contribution is 2.40. The van der Waals surface area contributed by atoms with Gasteiger partial charge in [-0.05, 0) is 37.6 Å². The lowest BCUT2D eigenvalue weighted by molar-refractivity contribution is -0.114. The number of nitrogens with one attached hydrogen (secondary N) is 1. The second-order valence-corrected chi connectivity index (χ2v) is 8.56. The number of carbonyl (C=O) groups is 1. The van der Waals surface area contributed by atoms with Crippen molar-refractivity contribution in [2.24, 2.45) is 0 Å². The Kier molecular flexibility index (Phi) is 5.86. The summed E-state index contributed by atoms with van der Waals surface area (Å²) in [6.45, 7) is 3.20. The molecule has 1 N–H and O–H groups in total. The summed E-state index contributed by atoms with van der Waals surface area (Å²) in [5.74, 6) is 0.284. The van der Waals surface area contributed by atoms with E-state index in [0.29, 0.717) is 33.2 Å². The normalized spacial score (nSPS) is 15.7. The Morgan fingerprint density at radius 2 is 1.93 bits per heavy atom. The zero-order valence-corrected chi connectivity index (χ0v) is 18.4. The molecule has 0 amide bonds. The molecule has 5 nitrogen and oxygen atoms in total. The van der Waals surface area contributed by atoms with Gasteiger partial charge in [0.05, 0.1) is 0 Å². The van der Waals surface area contributed by atoms with E-state index in [1.165, 1.54) is 35.5 Å². The van der Waals surface area contributed by atoms with Crippen LogP contribution < -0.4 is 5.32 Å². The summed E-state index contributed by atoms with van der Waals surface area (Å²) in [5, 5.41) is 9.02. The lowest BCUT2D eigenvalue weighted by atomic mass is 9.93. The summed E-state index contributed by atoms with van der Waals surface area (Å²) in [5.41, 5.74) is 2.13. The topological polar surface area (TPSA) is 59.8 Å². The third-order valence-corrected chi connectivity index (χ3v) is 6.38. The van der Waals surface area contributed by atoms with Gasteiger partial charge < -0.3 is 5.32 Å². The number of allylic oxidation sites excluding steroid dienone is 2. The van der Waals surface area contributed by atoms with E-state index in [1.54, 1.807) is 13.0 Å². The van der Waals surface area contributed by atoms with E-state index < -0.39 is 11.9 Å². The lowest BCUT2D eigenvalue weighted by Gasteiger charge is -2.28. The molecule has 0 fully saturated rings. The Labute approximate surface area is 187 Å². The van der Waals surface area contributed by atoms with Crippen molar-refractivity contribution in [2.45, 2.75) is 30.8 Å². The van der Waals surface area contributed by atoms with Crippen molar-refractivity contribution in [3.63, 3.8) is 0 Å². The molecule has 1 aliphatic heterocycles. The minimum Gasteiger partial charge on any atom is -0.328 e. The molecular weight excluding hydrogens is 446 g/mol. The van der Waals surface area contributed by atoms with Gasteiger partial charge in [0.15, 0.2) is 5.78 Å². The van der Waals surface area contributed by atoms with Crippen LogP contribution in [0.1, 0.15) is 31.0 Å². The van der Waals surface area contributed by atoms with Crippen molar-refractivity contribution in [3.8, 4) is 0 Å². The quantitative estimate of drug-likeness (QED) is 0.478. The number of nitrogens with zero attached hydrogens (tertiary/aromatic N) is 3. The Morgan fingerprint density at radius 3 is 2.63 bits per heavy atom. The summed E-state index contributed by atoms with van der Waals surface area (Å²) in [6.07, 6.45) is 0. The van der Waals surface area contributed by atoms with Gasteiger partial charge in [0.1, 0.15) is 11.9 Å². The van der Waals surface area contributed by atoms with Gasteiger partial charge in [-0.1, -0.05) is 59.2 Å². The first-order valence-corrected chi connectivity index (χ1v) is 10.9. The third kappa shape index (κ3) is 3.85. The minimum atomic E-state index is -0.811. The van der Waals surface area contributed by atoms with Gasteiger partial charge in [0.25, 0.3) is 0 Å². The van der Waals surface area contributed by atoms with Crippen LogP contribution in [0, 0.1) is 5.82 Å². The van der Waals surface area contributed by atoms with Crippen LogP contribution in [-0.2, 0) is 10.5 Å².